The summed E-state index contributed by atoms with van der Waals surface area (Å²) in [5.41, 5.74) is 1.47. The van der Waals surface area contributed by atoms with Crippen LogP contribution in [-0.2, 0) is 16.0 Å². The zero-order chi connectivity index (χ0) is 19.6. The summed E-state index contributed by atoms with van der Waals surface area (Å²) >= 11 is 0. The zero-order valence-electron chi connectivity index (χ0n) is 15.6. The normalized spacial score (nSPS) is 11.2. The standard InChI is InChI=1S/C19H22N4O4/c1-4-27-10-6-9-22-15(20)13(19(25)26-3)11-14-17(22)21-16-12(2)7-5-8-23(16)18(14)24/h5,7-8,11,20H,4,6,9-10H2,1-3H3. The van der Waals surface area contributed by atoms with E-state index in [9.17, 15) is 9.59 Å². The first-order valence-corrected chi connectivity index (χ1v) is 8.75. The number of ether oxygens (including phenoxy) is 2. The molecule has 0 saturated heterocycles. The molecule has 3 heterocycles. The Morgan fingerprint density at radius 2 is 2.11 bits per heavy atom. The van der Waals surface area contributed by atoms with E-state index < -0.39 is 5.97 Å². The van der Waals surface area contributed by atoms with Crippen molar-refractivity contribution in [2.24, 2.45) is 0 Å². The molecule has 0 spiro atoms. The van der Waals surface area contributed by atoms with Crippen LogP contribution in [0.3, 0.4) is 0 Å². The topological polar surface area (TPSA) is 98.7 Å². The van der Waals surface area contributed by atoms with Gasteiger partial charge in [-0.15, -0.1) is 0 Å². The van der Waals surface area contributed by atoms with Gasteiger partial charge in [0.25, 0.3) is 5.56 Å². The van der Waals surface area contributed by atoms with E-state index in [1.54, 1.807) is 16.8 Å². The number of methoxy groups -OCH3 is 1. The first-order chi connectivity index (χ1) is 13.0. The summed E-state index contributed by atoms with van der Waals surface area (Å²) in [4.78, 5) is 29.8. The van der Waals surface area contributed by atoms with Crippen LogP contribution in [0, 0.1) is 12.3 Å². The molecule has 8 nitrogen and oxygen atoms in total. The first kappa shape index (κ1) is 18.8. The molecule has 0 aromatic carbocycles. The highest BCUT2D eigenvalue weighted by molar-refractivity contribution is 5.93. The maximum absolute atomic E-state index is 13.0. The summed E-state index contributed by atoms with van der Waals surface area (Å²) in [6, 6.07) is 5.04. The molecular weight excluding hydrogens is 348 g/mol. The van der Waals surface area contributed by atoms with Gasteiger partial charge in [-0.2, -0.15) is 0 Å². The van der Waals surface area contributed by atoms with Crippen LogP contribution >= 0.6 is 0 Å². The van der Waals surface area contributed by atoms with Crippen LogP contribution in [0.25, 0.3) is 16.7 Å². The van der Waals surface area contributed by atoms with Crippen molar-refractivity contribution in [1.29, 1.82) is 5.41 Å². The van der Waals surface area contributed by atoms with Gasteiger partial charge in [0.05, 0.1) is 12.5 Å². The van der Waals surface area contributed by atoms with Gasteiger partial charge in [-0.05, 0) is 38.0 Å². The summed E-state index contributed by atoms with van der Waals surface area (Å²) in [6.07, 6.45) is 2.27. The zero-order valence-corrected chi connectivity index (χ0v) is 15.6. The molecule has 0 aliphatic heterocycles. The molecule has 1 N–H and O–H groups in total. The number of hydrogen-bond acceptors (Lipinski definition) is 6. The number of aryl methyl sites for hydroxylation is 2. The smallest absolute Gasteiger partial charge is 0.341 e. The number of nitrogens with one attached hydrogen (secondary N) is 1. The molecule has 3 rings (SSSR count). The highest BCUT2D eigenvalue weighted by Gasteiger charge is 2.18. The summed E-state index contributed by atoms with van der Waals surface area (Å²) in [5.74, 6) is -0.658. The second-order valence-corrected chi connectivity index (χ2v) is 6.14. The van der Waals surface area contributed by atoms with Gasteiger partial charge < -0.3 is 14.0 Å². The minimum atomic E-state index is -0.658. The highest BCUT2D eigenvalue weighted by Crippen LogP contribution is 2.13. The molecule has 0 atom stereocenters. The van der Waals surface area contributed by atoms with E-state index in [1.807, 2.05) is 19.9 Å². The van der Waals surface area contributed by atoms with Crippen molar-refractivity contribution in [3.8, 4) is 0 Å². The molecule has 142 valence electrons. The second-order valence-electron chi connectivity index (χ2n) is 6.14. The van der Waals surface area contributed by atoms with Crippen LogP contribution in [0.2, 0.25) is 0 Å². The number of nitrogens with zero attached hydrogens (tertiary/aromatic N) is 3. The van der Waals surface area contributed by atoms with Gasteiger partial charge >= 0.3 is 5.97 Å². The van der Waals surface area contributed by atoms with Gasteiger partial charge in [-0.25, -0.2) is 9.78 Å². The van der Waals surface area contributed by atoms with Crippen molar-refractivity contribution < 1.29 is 14.3 Å². The van der Waals surface area contributed by atoms with Crippen LogP contribution < -0.4 is 11.0 Å². The molecule has 0 aliphatic carbocycles. The number of rotatable bonds is 6. The van der Waals surface area contributed by atoms with E-state index in [0.717, 1.165) is 5.56 Å². The molecule has 0 amide bonds. The maximum atomic E-state index is 13.0. The lowest BCUT2D eigenvalue weighted by atomic mass is 10.2. The molecule has 0 aliphatic rings. The molecule has 27 heavy (non-hydrogen) atoms. The minimum absolute atomic E-state index is 0.0318. The van der Waals surface area contributed by atoms with Gasteiger partial charge in [0, 0.05) is 26.0 Å². The van der Waals surface area contributed by atoms with E-state index in [2.05, 4.69) is 4.98 Å². The molecule has 0 unspecified atom stereocenters. The molecule has 0 fully saturated rings. The number of carbonyl (C=O) groups is 1. The Labute approximate surface area is 155 Å². The van der Waals surface area contributed by atoms with E-state index in [1.165, 1.54) is 17.6 Å². The fraction of sp³-hybridized carbons (Fsp3) is 0.368. The summed E-state index contributed by atoms with van der Waals surface area (Å²) < 4.78 is 13.2. The van der Waals surface area contributed by atoms with E-state index in [-0.39, 0.29) is 22.0 Å². The number of pyridine rings is 2. The predicted octanol–water partition coefficient (Wildman–Crippen LogP) is 1.65. The first-order valence-electron chi connectivity index (χ1n) is 8.75. The Morgan fingerprint density at radius 3 is 2.81 bits per heavy atom. The fourth-order valence-electron chi connectivity index (χ4n) is 3.05. The Balaban J connectivity index is 2.33. The molecular formula is C19H22N4O4. The lowest BCUT2D eigenvalue weighted by Crippen LogP contribution is -2.31. The number of hydrogen-bond donors (Lipinski definition) is 1. The van der Waals surface area contributed by atoms with E-state index in [0.29, 0.717) is 37.5 Å². The van der Waals surface area contributed by atoms with Crippen LogP contribution in [0.5, 0.6) is 0 Å². The van der Waals surface area contributed by atoms with Gasteiger partial charge in [-0.1, -0.05) is 6.07 Å². The number of aromatic nitrogens is 3. The molecule has 0 radical (unpaired) electrons. The average Bonchev–Trinajstić information content (AvgIpc) is 2.67. The lowest BCUT2D eigenvalue weighted by molar-refractivity contribution is 0.0597. The van der Waals surface area contributed by atoms with Crippen LogP contribution in [0.4, 0.5) is 0 Å². The summed E-state index contributed by atoms with van der Waals surface area (Å²) in [6.45, 7) is 5.29. The van der Waals surface area contributed by atoms with Gasteiger partial charge in [0.2, 0.25) is 0 Å². The highest BCUT2D eigenvalue weighted by atomic mass is 16.5. The lowest BCUT2D eigenvalue weighted by Gasteiger charge is -2.14. The SMILES string of the molecule is CCOCCCn1c(=N)c(C(=O)OC)cc2c(=O)n3cccc(C)c3nc21. The van der Waals surface area contributed by atoms with Crippen molar-refractivity contribution >= 4 is 22.6 Å². The van der Waals surface area contributed by atoms with Crippen molar-refractivity contribution in [3.63, 3.8) is 0 Å². The Kier molecular flexibility index (Phi) is 5.36. The third-order valence-electron chi connectivity index (χ3n) is 4.41. The van der Waals surface area contributed by atoms with Crippen molar-refractivity contribution in [2.75, 3.05) is 20.3 Å². The number of esters is 1. The van der Waals surface area contributed by atoms with Crippen LogP contribution in [-0.4, -0.2) is 40.2 Å². The molecule has 3 aromatic rings. The Morgan fingerprint density at radius 1 is 1.33 bits per heavy atom. The van der Waals surface area contributed by atoms with Crippen LogP contribution in [0.1, 0.15) is 29.3 Å². The molecule has 0 saturated carbocycles. The molecule has 8 heteroatoms. The quantitative estimate of drug-likeness (QED) is 0.404. The monoisotopic (exact) mass is 370 g/mol. The molecule has 0 bridgehead atoms. The van der Waals surface area contributed by atoms with Crippen molar-refractivity contribution in [2.45, 2.75) is 26.8 Å². The Bertz CT molecular complexity index is 1130. The Hall–Kier alpha value is -3.00. The predicted molar refractivity (Wildman–Crippen MR) is 100.0 cm³/mol. The average molecular weight is 370 g/mol. The van der Waals surface area contributed by atoms with Gasteiger partial charge in [-0.3, -0.25) is 14.6 Å². The van der Waals surface area contributed by atoms with Crippen LogP contribution in [0.15, 0.2) is 29.2 Å². The largest absolute Gasteiger partial charge is 0.465 e. The fourth-order valence-corrected chi connectivity index (χ4v) is 3.05. The third kappa shape index (κ3) is 3.35. The van der Waals surface area contributed by atoms with Crippen molar-refractivity contribution in [1.82, 2.24) is 14.0 Å². The maximum Gasteiger partial charge on any atom is 0.341 e. The van der Waals surface area contributed by atoms with E-state index >= 15 is 0 Å². The summed E-state index contributed by atoms with van der Waals surface area (Å²) in [7, 11) is 1.25. The number of fused-ring (bicyclic) bond motifs is 2. The third-order valence-corrected chi connectivity index (χ3v) is 4.41. The van der Waals surface area contributed by atoms with Gasteiger partial charge in [0.1, 0.15) is 22.3 Å². The minimum Gasteiger partial charge on any atom is -0.465 e. The van der Waals surface area contributed by atoms with E-state index in [4.69, 9.17) is 14.9 Å². The number of carbonyl (C=O) groups excluding carboxylic acids is 1. The van der Waals surface area contributed by atoms with Crippen molar-refractivity contribution in [3.05, 3.63) is 51.4 Å². The molecule has 3 aromatic heterocycles. The van der Waals surface area contributed by atoms with Gasteiger partial charge in [0.15, 0.2) is 0 Å². The second kappa shape index (κ2) is 7.71. The summed E-state index contributed by atoms with van der Waals surface area (Å²) in [5, 5.41) is 8.72.